The van der Waals surface area contributed by atoms with Crippen molar-refractivity contribution in [3.8, 4) is 0 Å². The van der Waals surface area contributed by atoms with Crippen molar-refractivity contribution < 1.29 is 92.4 Å². The van der Waals surface area contributed by atoms with Crippen LogP contribution in [0.25, 0.3) is 0 Å². The highest BCUT2D eigenvalue weighted by Crippen LogP contribution is 2.25. The number of carbonyl (C=O) groups excluding carboxylic acids is 9. The van der Waals surface area contributed by atoms with Crippen molar-refractivity contribution in [2.75, 3.05) is 92.6 Å². The number of hydrogen-bond donors (Lipinski definition) is 13. The SMILES string of the molecule is CC.CC=CCC(=O)[C@@H](CN)CCCCNC(=O)CCC(NC(=O)CCCCCCCCCCCCCCC)C(=O)O.CNC(C)(C)C(=O)C(C)[C@@H](CCCCNC(=O)COCCOCCNC(=O)COCCOCCNC(=O)CC[C@H](NC(=O)CCCCCCCCCCCCCCCCC(O)O)C(O)O)C(C)=O. The second kappa shape index (κ2) is 77.6. The van der Waals surface area contributed by atoms with Crippen LogP contribution in [0.5, 0.6) is 0 Å². The number of nitrogens with one attached hydrogen (secondary N) is 7. The molecular weight excluding hydrogens is 1410 g/mol. The molecule has 0 aromatic rings. The molecule has 0 aromatic heterocycles. The van der Waals surface area contributed by atoms with Gasteiger partial charge >= 0.3 is 5.97 Å². The molecule has 27 nitrogen and oxygen atoms in total. The number of ether oxygens (including phenoxy) is 4. The number of rotatable bonds is 76. The van der Waals surface area contributed by atoms with Gasteiger partial charge in [-0.15, -0.1) is 0 Å². The Hall–Kier alpha value is -5.36. The predicted molar refractivity (Wildman–Crippen MR) is 433 cm³/mol. The molecule has 0 fully saturated rings. The quantitative estimate of drug-likeness (QED) is 0.0153. The number of carbonyl (C=O) groups is 10. The number of Topliss-reactive ketones (excluding diaryl/α,β-unsaturated/α-hetero) is 3. The number of carboxylic acids is 1. The fourth-order valence-electron chi connectivity index (χ4n) is 12.2. The van der Waals surface area contributed by atoms with Crippen molar-refractivity contribution in [2.45, 2.75) is 349 Å². The number of likely N-dealkylation sites (N-methyl/N-ethyl adjacent to an activating group) is 1. The van der Waals surface area contributed by atoms with Gasteiger partial charge in [0.25, 0.3) is 0 Å². The van der Waals surface area contributed by atoms with Crippen LogP contribution in [0.3, 0.4) is 0 Å². The molecule has 0 saturated carbocycles. The molecule has 0 rings (SSSR count). The maximum absolute atomic E-state index is 12.8. The van der Waals surface area contributed by atoms with E-state index in [1.807, 2.05) is 32.9 Å². The van der Waals surface area contributed by atoms with Crippen LogP contribution in [-0.4, -0.2) is 207 Å². The van der Waals surface area contributed by atoms with Gasteiger partial charge in [0.05, 0.1) is 51.2 Å². The number of hydrogen-bond acceptors (Lipinski definition) is 20. The minimum atomic E-state index is -1.78. The lowest BCUT2D eigenvalue weighted by molar-refractivity contribution is -0.142. The average molecular weight is 1570 g/mol. The normalized spacial score (nSPS) is 12.8. The maximum Gasteiger partial charge on any atom is 0.326 e. The summed E-state index contributed by atoms with van der Waals surface area (Å²) in [5, 5.41) is 65.8. The summed E-state index contributed by atoms with van der Waals surface area (Å²) >= 11 is 0. The molecule has 0 aliphatic heterocycles. The monoisotopic (exact) mass is 1570 g/mol. The van der Waals surface area contributed by atoms with Crippen molar-refractivity contribution in [3.63, 3.8) is 0 Å². The van der Waals surface area contributed by atoms with Gasteiger partial charge in [-0.2, -0.15) is 0 Å². The van der Waals surface area contributed by atoms with E-state index in [9.17, 15) is 63.3 Å². The summed E-state index contributed by atoms with van der Waals surface area (Å²) in [6.45, 7) is 17.7. The topological polar surface area (TPSA) is 419 Å². The van der Waals surface area contributed by atoms with E-state index < -0.39 is 42.1 Å². The Morgan fingerprint density at radius 2 is 0.845 bits per heavy atom. The molecule has 27 heteroatoms. The Morgan fingerprint density at radius 1 is 0.455 bits per heavy atom. The first-order chi connectivity index (χ1) is 52.9. The molecular formula is C83H158N8O19. The lowest BCUT2D eigenvalue weighted by Gasteiger charge is -2.29. The molecule has 0 heterocycles. The fraction of sp³-hybridized carbons (Fsp3) is 0.855. The third-order valence-corrected chi connectivity index (χ3v) is 19.3. The fourth-order valence-corrected chi connectivity index (χ4v) is 12.2. The predicted octanol–water partition coefficient (Wildman–Crippen LogP) is 10.3. The van der Waals surface area contributed by atoms with E-state index in [-0.39, 0.29) is 163 Å². The minimum absolute atomic E-state index is 0.000615. The van der Waals surface area contributed by atoms with Crippen molar-refractivity contribution in [1.82, 2.24) is 37.2 Å². The summed E-state index contributed by atoms with van der Waals surface area (Å²) in [4.78, 5) is 122. The first kappa shape index (κ1) is 109. The summed E-state index contributed by atoms with van der Waals surface area (Å²) < 4.78 is 21.5. The number of carboxylic acid groups (broad SMARTS) is 1. The molecule has 5 atom stereocenters. The summed E-state index contributed by atoms with van der Waals surface area (Å²) in [6, 6.07) is -2.01. The third-order valence-electron chi connectivity index (χ3n) is 19.3. The Morgan fingerprint density at radius 3 is 1.26 bits per heavy atom. The van der Waals surface area contributed by atoms with Crippen molar-refractivity contribution >= 4 is 58.8 Å². The summed E-state index contributed by atoms with van der Waals surface area (Å²) in [5.74, 6) is -3.60. The van der Waals surface area contributed by atoms with Crippen molar-refractivity contribution in [3.05, 3.63) is 12.2 Å². The second-order valence-corrected chi connectivity index (χ2v) is 29.2. The largest absolute Gasteiger partial charge is 0.480 e. The van der Waals surface area contributed by atoms with Gasteiger partial charge in [0.1, 0.15) is 30.8 Å². The Bertz CT molecular complexity index is 2350. The number of aliphatic carboxylic acids is 1. The molecule has 0 bridgehead atoms. The van der Waals surface area contributed by atoms with E-state index >= 15 is 0 Å². The number of unbranched alkanes of at least 4 members (excludes halogenated alkanes) is 27. The zero-order valence-corrected chi connectivity index (χ0v) is 69.9. The molecule has 6 amide bonds. The molecule has 0 radical (unpaired) electrons. The molecule has 0 aliphatic rings. The molecule has 0 saturated heterocycles. The smallest absolute Gasteiger partial charge is 0.326 e. The molecule has 0 spiro atoms. The number of amides is 6. The van der Waals surface area contributed by atoms with E-state index in [0.29, 0.717) is 64.6 Å². The molecule has 110 heavy (non-hydrogen) atoms. The lowest BCUT2D eigenvalue weighted by Crippen LogP contribution is -2.49. The van der Waals surface area contributed by atoms with Crippen LogP contribution in [-0.2, 0) is 66.9 Å². The van der Waals surface area contributed by atoms with Crippen LogP contribution in [0.2, 0.25) is 0 Å². The van der Waals surface area contributed by atoms with Crippen molar-refractivity contribution in [2.24, 2.45) is 23.5 Å². The van der Waals surface area contributed by atoms with Crippen LogP contribution in [0.15, 0.2) is 12.2 Å². The van der Waals surface area contributed by atoms with Crippen LogP contribution >= 0.6 is 0 Å². The lowest BCUT2D eigenvalue weighted by atomic mass is 9.78. The zero-order valence-electron chi connectivity index (χ0n) is 69.9. The Balaban J connectivity index is -0.00000231. The van der Waals surface area contributed by atoms with Gasteiger partial charge < -0.3 is 87.4 Å². The second-order valence-electron chi connectivity index (χ2n) is 29.2. The van der Waals surface area contributed by atoms with E-state index in [1.165, 1.54) is 116 Å². The average Bonchev–Trinajstić information content (AvgIpc) is 0.838. The van der Waals surface area contributed by atoms with Gasteiger partial charge in [0.2, 0.25) is 35.4 Å². The van der Waals surface area contributed by atoms with Crippen molar-refractivity contribution in [1.29, 1.82) is 0 Å². The van der Waals surface area contributed by atoms with E-state index in [2.05, 4.69) is 44.1 Å². The maximum atomic E-state index is 12.8. The zero-order chi connectivity index (χ0) is 82.7. The summed E-state index contributed by atoms with van der Waals surface area (Å²) in [5.41, 5.74) is 5.01. The molecule has 14 N–H and O–H groups in total. The van der Waals surface area contributed by atoms with Crippen LogP contribution < -0.4 is 43.0 Å². The van der Waals surface area contributed by atoms with Gasteiger partial charge in [-0.25, -0.2) is 4.79 Å². The molecule has 0 aliphatic carbocycles. The highest BCUT2D eigenvalue weighted by atomic mass is 16.5. The van der Waals surface area contributed by atoms with Crippen LogP contribution in [0.4, 0.5) is 0 Å². The first-order valence-electron chi connectivity index (χ1n) is 42.4. The van der Waals surface area contributed by atoms with E-state index in [4.69, 9.17) is 34.9 Å². The summed E-state index contributed by atoms with van der Waals surface area (Å²) in [7, 11) is 1.72. The molecule has 0 aromatic carbocycles. The Kier molecular flexibility index (Phi) is 76.7. The summed E-state index contributed by atoms with van der Waals surface area (Å²) in [6.07, 6.45) is 37.9. The van der Waals surface area contributed by atoms with Gasteiger partial charge in [0.15, 0.2) is 18.4 Å². The highest BCUT2D eigenvalue weighted by molar-refractivity contribution is 5.94. The number of allylic oxidation sites excluding steroid dienone is 2. The first-order valence-corrected chi connectivity index (χ1v) is 42.4. The van der Waals surface area contributed by atoms with Gasteiger partial charge in [-0.3, -0.25) is 43.2 Å². The van der Waals surface area contributed by atoms with Gasteiger partial charge in [-0.05, 0) is 99.0 Å². The minimum Gasteiger partial charge on any atom is -0.480 e. The molecule has 2 unspecified atom stereocenters. The van der Waals surface area contributed by atoms with Crippen LogP contribution in [0.1, 0.15) is 319 Å². The van der Waals surface area contributed by atoms with Gasteiger partial charge in [0, 0.05) is 82.6 Å². The third kappa shape index (κ3) is 69.4. The number of aliphatic hydroxyl groups is 4. The highest BCUT2D eigenvalue weighted by Gasteiger charge is 2.36. The number of ketones is 3. The van der Waals surface area contributed by atoms with Crippen LogP contribution in [0, 0.1) is 17.8 Å². The van der Waals surface area contributed by atoms with E-state index in [0.717, 1.165) is 77.0 Å². The number of nitrogens with two attached hydrogens (primary N) is 1. The molecule has 644 valence electrons. The van der Waals surface area contributed by atoms with Gasteiger partial charge in [-0.1, -0.05) is 207 Å². The van der Waals surface area contributed by atoms with E-state index in [1.54, 1.807) is 27.8 Å². The standard InChI is InChI=1S/C49H93N5O14.C32H59N3O5.C2H6/c1-38(47(62)49(3,4)50-5)40(39(2)55)22-20-21-27-51-44(58)36-67-34-33-66-31-29-53-45(59)37-68-35-32-65-30-28-52-42(56)26-25-41(48(63)64)54-43(57)23-18-16-14-12-10-8-6-7-9-11-13-15-17-19-24-46(60)61;1-3-5-7-8-9-10-11-12-13-14-15-16-17-22-31(38)35-28(32(39)40)23-24-30(37)34-25-19-18-20-27(26-33)29(36)21-6-4-2;1-2/h38,40-41,46,48,50,60-61,63-64H,6-37H2,1-5H3,(H,51,58)(H,52,56)(H,53,59)(H,54,57);4,6,27-28H,3,5,7-26,33H2,1-2H3,(H,34,37)(H,35,38)(H,39,40);1-2H3/t38?,40-,41+;27-,28?;/m11./s1. The Labute approximate surface area is 662 Å². The number of aliphatic hydroxyl groups excluding tert-OH is 2.